The van der Waals surface area contributed by atoms with Crippen molar-refractivity contribution in [1.29, 1.82) is 0 Å². The zero-order valence-electron chi connectivity index (χ0n) is 5.74. The van der Waals surface area contributed by atoms with Crippen LogP contribution in [0.5, 0.6) is 0 Å². The summed E-state index contributed by atoms with van der Waals surface area (Å²) in [5.41, 5.74) is 0.496. The van der Waals surface area contributed by atoms with Crippen LogP contribution in [0.4, 0.5) is 0 Å². The summed E-state index contributed by atoms with van der Waals surface area (Å²) in [7, 11) is 1.53. The van der Waals surface area contributed by atoms with Gasteiger partial charge in [0.25, 0.3) is 0 Å². The number of carbonyl (C=O) groups excluding carboxylic acids is 1. The predicted octanol–water partition coefficient (Wildman–Crippen LogP) is 0.564. The molecule has 0 radical (unpaired) electrons. The van der Waals surface area contributed by atoms with E-state index in [2.05, 4.69) is 14.9 Å². The van der Waals surface area contributed by atoms with E-state index >= 15 is 0 Å². The molecule has 1 N–H and O–H groups in total. The number of hydrogen-bond acceptors (Lipinski definition) is 4. The Balaban J connectivity index is 2.70. The van der Waals surface area contributed by atoms with Gasteiger partial charge < -0.3 is 5.32 Å². The third-order valence-electron chi connectivity index (χ3n) is 1.11. The molecule has 6 heteroatoms. The topological polar surface area (TPSA) is 54.9 Å². The first-order chi connectivity index (χ1) is 5.25. The molecule has 4 nitrogen and oxygen atoms in total. The van der Waals surface area contributed by atoms with Gasteiger partial charge in [0, 0.05) is 12.4 Å². The molecule has 1 rings (SSSR count). The van der Waals surface area contributed by atoms with E-state index in [1.807, 2.05) is 0 Å². The van der Waals surface area contributed by atoms with Gasteiger partial charge in [0.05, 0.1) is 0 Å². The minimum atomic E-state index is -0.723. The highest BCUT2D eigenvalue weighted by Crippen LogP contribution is 2.18. The second-order valence-corrected chi connectivity index (χ2v) is 2.85. The van der Waals surface area contributed by atoms with Crippen molar-refractivity contribution in [3.05, 3.63) is 11.1 Å². The van der Waals surface area contributed by atoms with E-state index in [4.69, 9.17) is 11.6 Å². The third-order valence-corrected chi connectivity index (χ3v) is 2.06. The summed E-state index contributed by atoms with van der Waals surface area (Å²) < 4.78 is 3.59. The molecule has 0 aliphatic rings. The van der Waals surface area contributed by atoms with E-state index in [9.17, 15) is 4.79 Å². The zero-order valence-corrected chi connectivity index (χ0v) is 7.32. The monoisotopic (exact) mass is 191 g/mol. The van der Waals surface area contributed by atoms with Gasteiger partial charge in [0.2, 0.25) is 5.91 Å². The lowest BCUT2D eigenvalue weighted by molar-refractivity contribution is -0.120. The molecule has 11 heavy (non-hydrogen) atoms. The fraction of sp³-hybridized carbons (Fsp3) is 0.400. The van der Waals surface area contributed by atoms with Crippen molar-refractivity contribution in [3.8, 4) is 0 Å². The van der Waals surface area contributed by atoms with Gasteiger partial charge in [0.15, 0.2) is 5.38 Å². The summed E-state index contributed by atoms with van der Waals surface area (Å²) >= 11 is 6.86. The van der Waals surface area contributed by atoms with E-state index in [1.54, 1.807) is 5.38 Å². The van der Waals surface area contributed by atoms with Crippen LogP contribution in [0.25, 0.3) is 0 Å². The Morgan fingerprint density at radius 1 is 1.91 bits per heavy atom. The van der Waals surface area contributed by atoms with Crippen molar-refractivity contribution in [1.82, 2.24) is 14.9 Å². The smallest absolute Gasteiger partial charge is 0.244 e. The average molecular weight is 192 g/mol. The van der Waals surface area contributed by atoms with Crippen LogP contribution in [0.2, 0.25) is 0 Å². The van der Waals surface area contributed by atoms with E-state index in [1.165, 1.54) is 18.6 Å². The molecule has 60 valence electrons. The highest BCUT2D eigenvalue weighted by molar-refractivity contribution is 7.03. The number of amides is 1. The number of nitrogens with one attached hydrogen (secondary N) is 1. The van der Waals surface area contributed by atoms with Crippen LogP contribution in [0.15, 0.2) is 5.38 Å². The number of alkyl halides is 1. The highest BCUT2D eigenvalue weighted by Gasteiger charge is 2.18. The number of hydrogen-bond donors (Lipinski definition) is 1. The van der Waals surface area contributed by atoms with Crippen LogP contribution in [0.3, 0.4) is 0 Å². The molecule has 0 aliphatic carbocycles. The summed E-state index contributed by atoms with van der Waals surface area (Å²) in [6.07, 6.45) is 0. The third kappa shape index (κ3) is 1.87. The van der Waals surface area contributed by atoms with Crippen molar-refractivity contribution in [2.24, 2.45) is 0 Å². The molecule has 1 aromatic rings. The van der Waals surface area contributed by atoms with Crippen molar-refractivity contribution in [2.75, 3.05) is 7.05 Å². The SMILES string of the molecule is CNC(=O)C(Cl)c1csnn1. The maximum absolute atomic E-state index is 10.9. The Kier molecular flexibility index (Phi) is 2.78. The van der Waals surface area contributed by atoms with Crippen LogP contribution >= 0.6 is 23.1 Å². The molecule has 0 aromatic carbocycles. The molecule has 1 aromatic heterocycles. The van der Waals surface area contributed by atoms with Gasteiger partial charge in [-0.05, 0) is 11.5 Å². The molecule has 1 amide bonds. The lowest BCUT2D eigenvalue weighted by atomic mass is 10.3. The molecule has 0 aliphatic heterocycles. The molecule has 1 heterocycles. The Hall–Kier alpha value is -0.680. The van der Waals surface area contributed by atoms with Gasteiger partial charge >= 0.3 is 0 Å². The van der Waals surface area contributed by atoms with Gasteiger partial charge in [-0.3, -0.25) is 4.79 Å². The molecule has 0 bridgehead atoms. The summed E-state index contributed by atoms with van der Waals surface area (Å²) in [6, 6.07) is 0. The molecule has 0 fully saturated rings. The van der Waals surface area contributed by atoms with E-state index < -0.39 is 5.38 Å². The van der Waals surface area contributed by atoms with E-state index in [-0.39, 0.29) is 5.91 Å². The normalized spacial score (nSPS) is 12.5. The second kappa shape index (κ2) is 3.64. The minimum Gasteiger partial charge on any atom is -0.358 e. The summed E-state index contributed by atoms with van der Waals surface area (Å²) in [6.45, 7) is 0. The van der Waals surface area contributed by atoms with E-state index in [0.717, 1.165) is 0 Å². The number of halogens is 1. The van der Waals surface area contributed by atoms with Crippen molar-refractivity contribution in [2.45, 2.75) is 5.38 Å². The molecule has 0 saturated carbocycles. The van der Waals surface area contributed by atoms with Gasteiger partial charge in [-0.25, -0.2) is 0 Å². The first-order valence-corrected chi connectivity index (χ1v) is 4.15. The van der Waals surface area contributed by atoms with Crippen LogP contribution < -0.4 is 5.32 Å². The largest absolute Gasteiger partial charge is 0.358 e. The lowest BCUT2D eigenvalue weighted by Gasteiger charge is -2.01. The maximum atomic E-state index is 10.9. The quantitative estimate of drug-likeness (QED) is 0.696. The number of likely N-dealkylation sites (N-methyl/N-ethyl adjacent to an activating group) is 1. The molecule has 1 unspecified atom stereocenters. The summed E-state index contributed by atoms with van der Waals surface area (Å²) in [4.78, 5) is 10.9. The Morgan fingerprint density at radius 2 is 2.64 bits per heavy atom. The van der Waals surface area contributed by atoms with E-state index in [0.29, 0.717) is 5.69 Å². The molecular formula is C5H6ClN3OS. The molecule has 1 atom stereocenters. The fourth-order valence-corrected chi connectivity index (χ4v) is 1.31. The number of rotatable bonds is 2. The van der Waals surface area contributed by atoms with Crippen LogP contribution in [-0.2, 0) is 4.79 Å². The molecule has 0 spiro atoms. The lowest BCUT2D eigenvalue weighted by Crippen LogP contribution is -2.22. The van der Waals surface area contributed by atoms with Crippen LogP contribution in [0.1, 0.15) is 11.1 Å². The predicted molar refractivity (Wildman–Crippen MR) is 42.6 cm³/mol. The Bertz CT molecular complexity index is 238. The standard InChI is InChI=1S/C5H6ClN3OS/c1-7-5(10)4(6)3-2-11-9-8-3/h2,4H,1H3,(H,7,10). The number of aromatic nitrogens is 2. The minimum absolute atomic E-state index is 0.264. The molecular weight excluding hydrogens is 186 g/mol. The maximum Gasteiger partial charge on any atom is 0.244 e. The Morgan fingerprint density at radius 3 is 3.09 bits per heavy atom. The number of carbonyl (C=O) groups is 1. The summed E-state index contributed by atoms with van der Waals surface area (Å²) in [5.74, 6) is -0.264. The molecule has 0 saturated heterocycles. The van der Waals surface area contributed by atoms with Crippen molar-refractivity contribution in [3.63, 3.8) is 0 Å². The van der Waals surface area contributed by atoms with Crippen molar-refractivity contribution >= 4 is 29.0 Å². The van der Waals surface area contributed by atoms with Gasteiger partial charge in [-0.15, -0.1) is 16.7 Å². The van der Waals surface area contributed by atoms with Crippen LogP contribution in [0, 0.1) is 0 Å². The van der Waals surface area contributed by atoms with Gasteiger partial charge in [-0.1, -0.05) is 4.49 Å². The first kappa shape index (κ1) is 8.42. The fourth-order valence-electron chi connectivity index (χ4n) is 0.543. The Labute approximate surface area is 72.7 Å². The average Bonchev–Trinajstić information content (AvgIpc) is 2.53. The summed E-state index contributed by atoms with van der Waals surface area (Å²) in [5, 5.41) is 7.00. The van der Waals surface area contributed by atoms with Gasteiger partial charge in [-0.2, -0.15) is 0 Å². The first-order valence-electron chi connectivity index (χ1n) is 2.88. The highest BCUT2D eigenvalue weighted by atomic mass is 35.5. The number of nitrogens with zero attached hydrogens (tertiary/aromatic N) is 2. The second-order valence-electron chi connectivity index (χ2n) is 1.81. The van der Waals surface area contributed by atoms with Crippen LogP contribution in [-0.4, -0.2) is 22.5 Å². The van der Waals surface area contributed by atoms with Gasteiger partial charge in [0.1, 0.15) is 5.69 Å². The zero-order chi connectivity index (χ0) is 8.27. The van der Waals surface area contributed by atoms with Crippen molar-refractivity contribution < 1.29 is 4.79 Å².